The van der Waals surface area contributed by atoms with Gasteiger partial charge in [0.25, 0.3) is 0 Å². The second-order valence-electron chi connectivity index (χ2n) is 4.83. The fourth-order valence-electron chi connectivity index (χ4n) is 1.79. The average Bonchev–Trinajstić information content (AvgIpc) is 2.30. The fraction of sp³-hybridized carbons (Fsp3) is 0.500. The van der Waals surface area contributed by atoms with Crippen molar-refractivity contribution in [3.05, 3.63) is 35.4 Å². The smallest absolute Gasteiger partial charge is 0.317 e. The van der Waals surface area contributed by atoms with Crippen molar-refractivity contribution >= 4 is 6.03 Å². The Kier molecular flexibility index (Phi) is 5.01. The Morgan fingerprint density at radius 1 is 1.24 bits per heavy atom. The molecule has 1 aromatic rings. The van der Waals surface area contributed by atoms with Crippen LogP contribution in [-0.2, 0) is 13.0 Å². The number of rotatable bonds is 4. The van der Waals surface area contributed by atoms with Crippen molar-refractivity contribution in [1.29, 1.82) is 0 Å². The van der Waals surface area contributed by atoms with Gasteiger partial charge in [0.1, 0.15) is 0 Å². The van der Waals surface area contributed by atoms with E-state index in [1.807, 2.05) is 0 Å². The van der Waals surface area contributed by atoms with Crippen LogP contribution in [0, 0.1) is 5.92 Å². The molecule has 0 heterocycles. The molecule has 3 nitrogen and oxygen atoms in total. The van der Waals surface area contributed by atoms with E-state index in [4.69, 9.17) is 0 Å². The lowest BCUT2D eigenvalue weighted by molar-refractivity contribution is 0.209. The summed E-state index contributed by atoms with van der Waals surface area (Å²) >= 11 is 0. The Bertz CT molecular complexity index is 357. The molecule has 0 unspecified atom stereocenters. The maximum Gasteiger partial charge on any atom is 0.317 e. The minimum Gasteiger partial charge on any atom is -0.341 e. The Hall–Kier alpha value is -1.51. The first-order valence-corrected chi connectivity index (χ1v) is 6.03. The topological polar surface area (TPSA) is 32.3 Å². The van der Waals surface area contributed by atoms with E-state index in [2.05, 4.69) is 43.4 Å². The molecule has 0 aliphatic heterocycles. The summed E-state index contributed by atoms with van der Waals surface area (Å²) < 4.78 is 0. The van der Waals surface area contributed by atoms with Crippen molar-refractivity contribution in [2.24, 2.45) is 5.92 Å². The number of carbonyl (C=O) groups is 1. The highest BCUT2D eigenvalue weighted by atomic mass is 16.2. The quantitative estimate of drug-likeness (QED) is 0.853. The Morgan fingerprint density at radius 3 is 2.24 bits per heavy atom. The van der Waals surface area contributed by atoms with Crippen LogP contribution in [0.25, 0.3) is 0 Å². The van der Waals surface area contributed by atoms with Gasteiger partial charge >= 0.3 is 6.03 Å². The molecule has 2 amide bonds. The van der Waals surface area contributed by atoms with Gasteiger partial charge in [0, 0.05) is 20.6 Å². The van der Waals surface area contributed by atoms with Crippen molar-refractivity contribution in [2.45, 2.75) is 26.8 Å². The Balaban J connectivity index is 2.59. The molecule has 0 spiro atoms. The van der Waals surface area contributed by atoms with Gasteiger partial charge < -0.3 is 10.2 Å². The van der Waals surface area contributed by atoms with Gasteiger partial charge in [0.05, 0.1) is 0 Å². The maximum absolute atomic E-state index is 11.3. The number of urea groups is 1. The van der Waals surface area contributed by atoms with Gasteiger partial charge in [-0.05, 0) is 23.5 Å². The molecule has 0 aliphatic rings. The zero-order valence-electron chi connectivity index (χ0n) is 11.2. The van der Waals surface area contributed by atoms with E-state index in [-0.39, 0.29) is 6.03 Å². The van der Waals surface area contributed by atoms with Gasteiger partial charge in [0.15, 0.2) is 0 Å². The van der Waals surface area contributed by atoms with Gasteiger partial charge in [-0.3, -0.25) is 0 Å². The molecule has 0 atom stereocenters. The van der Waals surface area contributed by atoms with E-state index >= 15 is 0 Å². The second kappa shape index (κ2) is 6.28. The molecule has 94 valence electrons. The number of benzene rings is 1. The van der Waals surface area contributed by atoms with Gasteiger partial charge in [-0.15, -0.1) is 0 Å². The number of carbonyl (C=O) groups excluding carboxylic acids is 1. The normalized spacial score (nSPS) is 10.4. The predicted octanol–water partition coefficient (Wildman–Crippen LogP) is 2.66. The first kappa shape index (κ1) is 13.6. The zero-order valence-corrected chi connectivity index (χ0v) is 11.2. The molecule has 0 aromatic heterocycles. The molecule has 1 rings (SSSR count). The van der Waals surface area contributed by atoms with Crippen LogP contribution in [0.2, 0.25) is 0 Å². The SMILES string of the molecule is CNC(=O)N(C)Cc1ccc(CC(C)C)cc1. The van der Waals surface area contributed by atoms with Crippen LogP contribution in [0.1, 0.15) is 25.0 Å². The summed E-state index contributed by atoms with van der Waals surface area (Å²) in [5.74, 6) is 0.675. The highest BCUT2D eigenvalue weighted by molar-refractivity contribution is 5.73. The van der Waals surface area contributed by atoms with E-state index in [0.717, 1.165) is 12.0 Å². The molecule has 0 fully saturated rings. The summed E-state index contributed by atoms with van der Waals surface area (Å²) in [4.78, 5) is 13.0. The summed E-state index contributed by atoms with van der Waals surface area (Å²) in [6.45, 7) is 5.07. The molecule has 1 aromatic carbocycles. The van der Waals surface area contributed by atoms with Crippen molar-refractivity contribution in [3.8, 4) is 0 Å². The average molecular weight is 234 g/mol. The van der Waals surface area contributed by atoms with Crippen LogP contribution < -0.4 is 5.32 Å². The summed E-state index contributed by atoms with van der Waals surface area (Å²) in [5.41, 5.74) is 2.51. The molecule has 0 saturated heterocycles. The number of amides is 2. The Morgan fingerprint density at radius 2 is 1.76 bits per heavy atom. The maximum atomic E-state index is 11.3. The molecule has 17 heavy (non-hydrogen) atoms. The monoisotopic (exact) mass is 234 g/mol. The first-order valence-electron chi connectivity index (χ1n) is 6.03. The fourth-order valence-corrected chi connectivity index (χ4v) is 1.79. The standard InChI is InChI=1S/C14H22N2O/c1-11(2)9-12-5-7-13(8-6-12)10-16(4)14(17)15-3/h5-8,11H,9-10H2,1-4H3,(H,15,17). The van der Waals surface area contributed by atoms with Crippen molar-refractivity contribution in [3.63, 3.8) is 0 Å². The highest BCUT2D eigenvalue weighted by Gasteiger charge is 2.06. The number of nitrogens with one attached hydrogen (secondary N) is 1. The van der Waals surface area contributed by atoms with Crippen LogP contribution in [-0.4, -0.2) is 25.0 Å². The summed E-state index contributed by atoms with van der Waals surface area (Å²) in [7, 11) is 3.44. The van der Waals surface area contributed by atoms with Crippen LogP contribution in [0.4, 0.5) is 4.79 Å². The molecular formula is C14H22N2O. The summed E-state index contributed by atoms with van der Waals surface area (Å²) in [5, 5.41) is 2.61. The van der Waals surface area contributed by atoms with E-state index in [0.29, 0.717) is 12.5 Å². The van der Waals surface area contributed by atoms with Gasteiger partial charge in [-0.2, -0.15) is 0 Å². The lowest BCUT2D eigenvalue weighted by atomic mass is 10.0. The van der Waals surface area contributed by atoms with Crippen LogP contribution in [0.5, 0.6) is 0 Å². The molecule has 0 radical (unpaired) electrons. The largest absolute Gasteiger partial charge is 0.341 e. The number of hydrogen-bond acceptors (Lipinski definition) is 1. The molecule has 0 saturated carbocycles. The summed E-state index contributed by atoms with van der Waals surface area (Å²) in [6, 6.07) is 8.42. The van der Waals surface area contributed by atoms with Crippen molar-refractivity contribution < 1.29 is 4.79 Å². The third-order valence-electron chi connectivity index (χ3n) is 2.65. The van der Waals surface area contributed by atoms with Crippen molar-refractivity contribution in [1.82, 2.24) is 10.2 Å². The van der Waals surface area contributed by atoms with Crippen molar-refractivity contribution in [2.75, 3.05) is 14.1 Å². The minimum atomic E-state index is -0.0590. The molecular weight excluding hydrogens is 212 g/mol. The first-order chi connectivity index (χ1) is 8.02. The highest BCUT2D eigenvalue weighted by Crippen LogP contribution is 2.11. The lowest BCUT2D eigenvalue weighted by Gasteiger charge is -2.16. The van der Waals surface area contributed by atoms with Crippen LogP contribution in [0.3, 0.4) is 0 Å². The molecule has 3 heteroatoms. The van der Waals surface area contributed by atoms with E-state index in [9.17, 15) is 4.79 Å². The Labute approximate surface area is 104 Å². The lowest BCUT2D eigenvalue weighted by Crippen LogP contribution is -2.34. The third-order valence-corrected chi connectivity index (χ3v) is 2.65. The van der Waals surface area contributed by atoms with E-state index in [1.165, 1.54) is 5.56 Å². The minimum absolute atomic E-state index is 0.0590. The van der Waals surface area contributed by atoms with Gasteiger partial charge in [-0.25, -0.2) is 4.79 Å². The van der Waals surface area contributed by atoms with Crippen LogP contribution >= 0.6 is 0 Å². The molecule has 1 N–H and O–H groups in total. The number of nitrogens with zero attached hydrogens (tertiary/aromatic N) is 1. The third kappa shape index (κ3) is 4.47. The molecule has 0 bridgehead atoms. The zero-order chi connectivity index (χ0) is 12.8. The second-order valence-corrected chi connectivity index (χ2v) is 4.83. The number of hydrogen-bond donors (Lipinski definition) is 1. The predicted molar refractivity (Wildman–Crippen MR) is 70.9 cm³/mol. The van der Waals surface area contributed by atoms with Gasteiger partial charge in [0.2, 0.25) is 0 Å². The van der Waals surface area contributed by atoms with E-state index < -0.39 is 0 Å². The molecule has 0 aliphatic carbocycles. The van der Waals surface area contributed by atoms with E-state index in [1.54, 1.807) is 19.0 Å². The van der Waals surface area contributed by atoms with Crippen LogP contribution in [0.15, 0.2) is 24.3 Å². The summed E-state index contributed by atoms with van der Waals surface area (Å²) in [6.07, 6.45) is 1.10. The van der Waals surface area contributed by atoms with Gasteiger partial charge in [-0.1, -0.05) is 38.1 Å².